The number of benzene rings is 1. The Morgan fingerprint density at radius 1 is 1.26 bits per heavy atom. The van der Waals surface area contributed by atoms with E-state index in [2.05, 4.69) is 39.9 Å². The van der Waals surface area contributed by atoms with Gasteiger partial charge in [-0.25, -0.2) is 0 Å². The van der Waals surface area contributed by atoms with Gasteiger partial charge in [0.1, 0.15) is 6.54 Å². The van der Waals surface area contributed by atoms with Crippen molar-refractivity contribution in [2.45, 2.75) is 52.6 Å². The van der Waals surface area contributed by atoms with Crippen LogP contribution in [0.1, 0.15) is 45.1 Å². The maximum absolute atomic E-state index is 12.2. The number of amides is 1. The Morgan fingerprint density at radius 3 is 2.68 bits per heavy atom. The number of nitrogens with one attached hydrogen (secondary N) is 3. The van der Waals surface area contributed by atoms with Gasteiger partial charge in [-0.2, -0.15) is 5.10 Å². The molecule has 1 amide bonds. The van der Waals surface area contributed by atoms with E-state index in [0.717, 1.165) is 23.8 Å². The van der Waals surface area contributed by atoms with E-state index in [1.54, 1.807) is 30.2 Å². The molecule has 0 bridgehead atoms. The molecule has 1 aliphatic carbocycles. The fourth-order valence-electron chi connectivity index (χ4n) is 4.17. The maximum Gasteiger partial charge on any atom is 0.246 e. The summed E-state index contributed by atoms with van der Waals surface area (Å²) in [4.78, 5) is 16.5. The Morgan fingerprint density at radius 2 is 2.06 bits per heavy atom. The average Bonchev–Trinajstić information content (AvgIpc) is 3.18. The van der Waals surface area contributed by atoms with Gasteiger partial charge >= 0.3 is 0 Å². The summed E-state index contributed by atoms with van der Waals surface area (Å²) in [5.41, 5.74) is 2.28. The summed E-state index contributed by atoms with van der Waals surface area (Å²) in [7, 11) is 1.80. The van der Waals surface area contributed by atoms with Crippen LogP contribution in [0.15, 0.2) is 47.7 Å². The third kappa shape index (κ3) is 7.83. The maximum atomic E-state index is 12.2. The first-order valence-electron chi connectivity index (χ1n) is 10.8. The molecule has 1 fully saturated rings. The summed E-state index contributed by atoms with van der Waals surface area (Å²) in [6.07, 6.45) is 8.63. The van der Waals surface area contributed by atoms with Gasteiger partial charge in [0.15, 0.2) is 5.96 Å². The Bertz CT molecular complexity index is 846. The number of anilines is 1. The van der Waals surface area contributed by atoms with E-state index in [9.17, 15) is 4.79 Å². The number of nitrogens with zero attached hydrogens (tertiary/aromatic N) is 3. The lowest BCUT2D eigenvalue weighted by molar-refractivity contribution is -0.116. The third-order valence-electron chi connectivity index (χ3n) is 5.65. The minimum Gasteiger partial charge on any atom is -0.356 e. The molecule has 3 rings (SSSR count). The normalized spacial score (nSPS) is 15.0. The summed E-state index contributed by atoms with van der Waals surface area (Å²) < 4.78 is 1.60. The third-order valence-corrected chi connectivity index (χ3v) is 5.65. The van der Waals surface area contributed by atoms with Gasteiger partial charge in [-0.3, -0.25) is 14.5 Å². The zero-order valence-electron chi connectivity index (χ0n) is 18.7. The van der Waals surface area contributed by atoms with Crippen molar-refractivity contribution in [1.82, 2.24) is 20.4 Å². The van der Waals surface area contributed by atoms with Gasteiger partial charge in [-0.1, -0.05) is 32.4 Å². The highest BCUT2D eigenvalue weighted by Crippen LogP contribution is 2.45. The van der Waals surface area contributed by atoms with Crippen molar-refractivity contribution < 1.29 is 4.79 Å². The molecular weight excluding hydrogens is 503 g/mol. The molecule has 0 atom stereocenters. The smallest absolute Gasteiger partial charge is 0.246 e. The van der Waals surface area contributed by atoms with Crippen LogP contribution in [0.5, 0.6) is 0 Å². The Hall–Kier alpha value is -2.10. The molecule has 8 heteroatoms. The van der Waals surface area contributed by atoms with Gasteiger partial charge in [0.2, 0.25) is 5.91 Å². The fraction of sp³-hybridized carbons (Fsp3) is 0.522. The first-order chi connectivity index (χ1) is 14.5. The molecule has 1 aromatic carbocycles. The largest absolute Gasteiger partial charge is 0.356 e. The van der Waals surface area contributed by atoms with Crippen LogP contribution in [-0.4, -0.2) is 35.2 Å². The zero-order chi connectivity index (χ0) is 21.4. The molecular formula is C23H35IN6O. The van der Waals surface area contributed by atoms with Crippen LogP contribution in [-0.2, 0) is 17.9 Å². The van der Waals surface area contributed by atoms with Crippen LogP contribution >= 0.6 is 24.0 Å². The Balaban J connectivity index is 0.00000341. The topological polar surface area (TPSA) is 83.3 Å². The summed E-state index contributed by atoms with van der Waals surface area (Å²) in [5, 5.41) is 13.9. The molecule has 3 N–H and O–H groups in total. The molecule has 2 aromatic rings. The van der Waals surface area contributed by atoms with Crippen LogP contribution in [0.3, 0.4) is 0 Å². The molecule has 1 saturated carbocycles. The van der Waals surface area contributed by atoms with Gasteiger partial charge in [-0.15, -0.1) is 24.0 Å². The van der Waals surface area contributed by atoms with E-state index in [1.807, 2.05) is 24.3 Å². The van der Waals surface area contributed by atoms with Crippen molar-refractivity contribution in [3.63, 3.8) is 0 Å². The molecule has 7 nitrogen and oxygen atoms in total. The first kappa shape index (κ1) is 25.2. The second-order valence-electron chi connectivity index (χ2n) is 8.68. The van der Waals surface area contributed by atoms with E-state index in [4.69, 9.17) is 0 Å². The molecule has 1 heterocycles. The van der Waals surface area contributed by atoms with Gasteiger partial charge in [0.05, 0.1) is 0 Å². The van der Waals surface area contributed by atoms with Crippen LogP contribution in [0.25, 0.3) is 0 Å². The van der Waals surface area contributed by atoms with Crippen molar-refractivity contribution in [2.24, 2.45) is 16.3 Å². The first-order valence-corrected chi connectivity index (χ1v) is 10.8. The van der Waals surface area contributed by atoms with Crippen LogP contribution in [0, 0.1) is 11.3 Å². The summed E-state index contributed by atoms with van der Waals surface area (Å²) in [5.74, 6) is 1.43. The van der Waals surface area contributed by atoms with Gasteiger partial charge in [0.25, 0.3) is 0 Å². The summed E-state index contributed by atoms with van der Waals surface area (Å²) >= 11 is 0. The van der Waals surface area contributed by atoms with Crippen LogP contribution < -0.4 is 16.0 Å². The van der Waals surface area contributed by atoms with Crippen LogP contribution in [0.2, 0.25) is 0 Å². The SMILES string of the molecule is CN=C(NCc1cccc(NC(=O)Cn2cccn2)c1)NCC1(CC(C)C)CCC1.I. The van der Waals surface area contributed by atoms with Gasteiger partial charge in [0, 0.05) is 38.2 Å². The second kappa shape index (κ2) is 12.1. The van der Waals surface area contributed by atoms with E-state index in [1.165, 1.54) is 25.7 Å². The van der Waals surface area contributed by atoms with E-state index in [0.29, 0.717) is 17.9 Å². The number of guanidine groups is 1. The molecule has 31 heavy (non-hydrogen) atoms. The van der Waals surface area contributed by atoms with Gasteiger partial charge in [-0.05, 0) is 54.4 Å². The minimum atomic E-state index is -0.0998. The summed E-state index contributed by atoms with van der Waals surface area (Å²) in [6, 6.07) is 9.66. The molecule has 0 radical (unpaired) electrons. The average molecular weight is 538 g/mol. The number of hydrogen-bond donors (Lipinski definition) is 3. The number of carbonyl (C=O) groups is 1. The van der Waals surface area contributed by atoms with Crippen molar-refractivity contribution in [3.8, 4) is 0 Å². The minimum absolute atomic E-state index is 0. The molecule has 170 valence electrons. The molecule has 0 aliphatic heterocycles. The fourth-order valence-corrected chi connectivity index (χ4v) is 4.17. The van der Waals surface area contributed by atoms with Crippen molar-refractivity contribution in [2.75, 3.05) is 18.9 Å². The second-order valence-corrected chi connectivity index (χ2v) is 8.68. The predicted molar refractivity (Wildman–Crippen MR) is 137 cm³/mol. The van der Waals surface area contributed by atoms with Crippen LogP contribution in [0.4, 0.5) is 5.69 Å². The Labute approximate surface area is 202 Å². The number of aromatic nitrogens is 2. The number of rotatable bonds is 9. The molecule has 0 spiro atoms. The van der Waals surface area contributed by atoms with E-state index >= 15 is 0 Å². The molecule has 1 aliphatic rings. The Kier molecular flexibility index (Phi) is 9.80. The lowest BCUT2D eigenvalue weighted by Crippen LogP contribution is -2.46. The lowest BCUT2D eigenvalue weighted by Gasteiger charge is -2.43. The molecule has 0 unspecified atom stereocenters. The quantitative estimate of drug-likeness (QED) is 0.256. The van der Waals surface area contributed by atoms with E-state index < -0.39 is 0 Å². The molecule has 0 saturated heterocycles. The zero-order valence-corrected chi connectivity index (χ0v) is 21.1. The predicted octanol–water partition coefficient (Wildman–Crippen LogP) is 4.02. The number of aliphatic imine (C=N–C) groups is 1. The van der Waals surface area contributed by atoms with Crippen molar-refractivity contribution in [1.29, 1.82) is 0 Å². The van der Waals surface area contributed by atoms with Gasteiger partial charge < -0.3 is 16.0 Å². The number of carbonyl (C=O) groups excluding carboxylic acids is 1. The highest BCUT2D eigenvalue weighted by molar-refractivity contribution is 14.0. The lowest BCUT2D eigenvalue weighted by atomic mass is 9.64. The van der Waals surface area contributed by atoms with E-state index in [-0.39, 0.29) is 36.4 Å². The molecule has 1 aromatic heterocycles. The number of hydrogen-bond acceptors (Lipinski definition) is 3. The van der Waals surface area contributed by atoms with Crippen molar-refractivity contribution >= 4 is 41.5 Å². The summed E-state index contributed by atoms with van der Waals surface area (Å²) in [6.45, 7) is 6.40. The highest BCUT2D eigenvalue weighted by atomic mass is 127. The monoisotopic (exact) mass is 538 g/mol. The highest BCUT2D eigenvalue weighted by Gasteiger charge is 2.37. The van der Waals surface area contributed by atoms with Crippen molar-refractivity contribution in [3.05, 3.63) is 48.3 Å². The standard InChI is InChI=1S/C23H34N6O.HI/c1-18(2)14-23(9-5-10-23)17-26-22(24-3)25-15-19-7-4-8-20(13-19)28-21(30)16-29-12-6-11-27-29;/h4,6-8,11-13,18H,5,9-10,14-17H2,1-3H3,(H,28,30)(H2,24,25,26);1H. The number of halogens is 1.